The van der Waals surface area contributed by atoms with Gasteiger partial charge in [-0.3, -0.25) is 0 Å². The fourth-order valence-electron chi connectivity index (χ4n) is 0.465. The van der Waals surface area contributed by atoms with Crippen LogP contribution in [0.25, 0.3) is 0 Å². The van der Waals surface area contributed by atoms with Crippen molar-refractivity contribution in [1.29, 1.82) is 0 Å². The van der Waals surface area contributed by atoms with E-state index in [2.05, 4.69) is 14.9 Å². The van der Waals surface area contributed by atoms with Gasteiger partial charge in [0.05, 0.1) is 6.61 Å². The van der Waals surface area contributed by atoms with Gasteiger partial charge in [0, 0.05) is 0 Å². The molecule has 0 aromatic heterocycles. The maximum Gasteiger partial charge on any atom is 0.400 e. The van der Waals surface area contributed by atoms with E-state index in [-0.39, 0.29) is 6.61 Å². The summed E-state index contributed by atoms with van der Waals surface area (Å²) >= 11 is 0. The summed E-state index contributed by atoms with van der Waals surface area (Å²) in [5.74, 6) is 0. The lowest BCUT2D eigenvalue weighted by Crippen LogP contribution is -2.04. The zero-order chi connectivity index (χ0) is 6.91. The summed E-state index contributed by atoms with van der Waals surface area (Å²) in [6, 6.07) is 0. The molecule has 52 valence electrons. The smallest absolute Gasteiger partial charge is 0.245 e. The Kier molecular flexibility index (Phi) is 1.56. The van der Waals surface area contributed by atoms with Gasteiger partial charge in [-0.1, -0.05) is 6.08 Å². The Morgan fingerprint density at radius 1 is 1.67 bits per heavy atom. The molecule has 1 rings (SSSR count). The van der Waals surface area contributed by atoms with Crippen molar-refractivity contribution in [2.45, 2.75) is 6.10 Å². The van der Waals surface area contributed by atoms with Crippen LogP contribution >= 0.6 is 0 Å². The predicted molar refractivity (Wildman–Crippen MR) is 29.9 cm³/mol. The zero-order valence-corrected chi connectivity index (χ0v) is 5.43. The predicted octanol–water partition coefficient (Wildman–Crippen LogP) is -0.167. The van der Waals surface area contributed by atoms with Crippen LogP contribution in [0.15, 0.2) is 12.7 Å². The Morgan fingerprint density at radius 2 is 2.33 bits per heavy atom. The SMILES string of the molecule is C=C[C@@H]1COS(=O)(=O)O1. The topological polar surface area (TPSA) is 52.6 Å². The first-order valence-corrected chi connectivity index (χ1v) is 3.67. The average Bonchev–Trinajstić information content (AvgIpc) is 2.10. The van der Waals surface area contributed by atoms with Crippen LogP contribution in [0.2, 0.25) is 0 Å². The zero-order valence-electron chi connectivity index (χ0n) is 4.61. The van der Waals surface area contributed by atoms with E-state index >= 15 is 0 Å². The van der Waals surface area contributed by atoms with Crippen molar-refractivity contribution >= 4 is 10.4 Å². The first kappa shape index (κ1) is 6.73. The van der Waals surface area contributed by atoms with Crippen molar-refractivity contribution in [3.05, 3.63) is 12.7 Å². The lowest BCUT2D eigenvalue weighted by molar-refractivity contribution is 0.288. The van der Waals surface area contributed by atoms with Crippen LogP contribution in [0.1, 0.15) is 0 Å². The molecule has 0 aliphatic carbocycles. The molecule has 0 bridgehead atoms. The molecular weight excluding hydrogens is 144 g/mol. The molecule has 1 atom stereocenters. The Hall–Kier alpha value is -0.390. The highest BCUT2D eigenvalue weighted by Gasteiger charge is 2.27. The number of rotatable bonds is 1. The van der Waals surface area contributed by atoms with E-state index in [1.54, 1.807) is 0 Å². The van der Waals surface area contributed by atoms with E-state index in [0.717, 1.165) is 0 Å². The molecule has 4 nitrogen and oxygen atoms in total. The molecule has 1 saturated heterocycles. The molecule has 1 aliphatic heterocycles. The minimum atomic E-state index is -3.68. The molecule has 5 heteroatoms. The Bertz CT molecular complexity index is 205. The molecule has 1 aliphatic rings. The third-order valence-corrected chi connectivity index (χ3v) is 1.79. The summed E-state index contributed by atoms with van der Waals surface area (Å²) < 4.78 is 29.2. The van der Waals surface area contributed by atoms with E-state index in [1.807, 2.05) is 0 Å². The molecule has 0 spiro atoms. The highest BCUT2D eigenvalue weighted by atomic mass is 32.3. The molecule has 0 radical (unpaired) electrons. The van der Waals surface area contributed by atoms with Crippen molar-refractivity contribution in [2.24, 2.45) is 0 Å². The molecule has 1 heterocycles. The van der Waals surface area contributed by atoms with Crippen LogP contribution in [-0.2, 0) is 18.8 Å². The van der Waals surface area contributed by atoms with Crippen LogP contribution in [0.5, 0.6) is 0 Å². The Labute approximate surface area is 53.4 Å². The van der Waals surface area contributed by atoms with Gasteiger partial charge in [-0.15, -0.1) is 6.58 Å². The van der Waals surface area contributed by atoms with Crippen molar-refractivity contribution in [2.75, 3.05) is 6.61 Å². The maximum absolute atomic E-state index is 10.3. The van der Waals surface area contributed by atoms with Gasteiger partial charge in [-0.05, 0) is 0 Å². The van der Waals surface area contributed by atoms with Crippen LogP contribution in [0, 0.1) is 0 Å². The highest BCUT2D eigenvalue weighted by Crippen LogP contribution is 2.12. The fraction of sp³-hybridized carbons (Fsp3) is 0.500. The van der Waals surface area contributed by atoms with Gasteiger partial charge >= 0.3 is 10.4 Å². The van der Waals surface area contributed by atoms with Crippen LogP contribution in [0.3, 0.4) is 0 Å². The quantitative estimate of drug-likeness (QED) is 0.487. The minimum absolute atomic E-state index is 0.0475. The second-order valence-corrected chi connectivity index (χ2v) is 2.81. The molecule has 0 aromatic rings. The molecule has 0 N–H and O–H groups in total. The Morgan fingerprint density at radius 3 is 2.56 bits per heavy atom. The van der Waals surface area contributed by atoms with E-state index in [4.69, 9.17) is 0 Å². The number of hydrogen-bond acceptors (Lipinski definition) is 4. The highest BCUT2D eigenvalue weighted by molar-refractivity contribution is 7.82. The second-order valence-electron chi connectivity index (χ2n) is 1.56. The average molecular weight is 150 g/mol. The van der Waals surface area contributed by atoms with Crippen molar-refractivity contribution in [3.8, 4) is 0 Å². The third-order valence-electron chi connectivity index (χ3n) is 0.881. The van der Waals surface area contributed by atoms with Gasteiger partial charge in [0.15, 0.2) is 0 Å². The van der Waals surface area contributed by atoms with Gasteiger partial charge in [-0.25, -0.2) is 8.37 Å². The first-order chi connectivity index (χ1) is 4.14. The molecule has 0 unspecified atom stereocenters. The van der Waals surface area contributed by atoms with Gasteiger partial charge in [0.2, 0.25) is 0 Å². The van der Waals surface area contributed by atoms with Gasteiger partial charge in [0.1, 0.15) is 6.10 Å². The fourth-order valence-corrected chi connectivity index (χ4v) is 1.26. The van der Waals surface area contributed by atoms with Gasteiger partial charge in [-0.2, -0.15) is 8.42 Å². The molecule has 1 fully saturated rings. The molecule has 0 amide bonds. The van der Waals surface area contributed by atoms with E-state index in [0.29, 0.717) is 0 Å². The van der Waals surface area contributed by atoms with Crippen LogP contribution in [-0.4, -0.2) is 21.1 Å². The maximum atomic E-state index is 10.3. The van der Waals surface area contributed by atoms with E-state index < -0.39 is 16.5 Å². The second kappa shape index (κ2) is 2.09. The molecular formula is C4H6O4S. The van der Waals surface area contributed by atoms with E-state index in [1.165, 1.54) is 6.08 Å². The van der Waals surface area contributed by atoms with Gasteiger partial charge < -0.3 is 0 Å². The van der Waals surface area contributed by atoms with Crippen molar-refractivity contribution in [1.82, 2.24) is 0 Å². The van der Waals surface area contributed by atoms with Crippen molar-refractivity contribution < 1.29 is 16.8 Å². The minimum Gasteiger partial charge on any atom is -0.245 e. The summed E-state index contributed by atoms with van der Waals surface area (Å²) in [5, 5.41) is 0. The third kappa shape index (κ3) is 1.51. The van der Waals surface area contributed by atoms with Crippen molar-refractivity contribution in [3.63, 3.8) is 0 Å². The molecule has 0 aromatic carbocycles. The van der Waals surface area contributed by atoms with E-state index in [9.17, 15) is 8.42 Å². The monoisotopic (exact) mass is 150 g/mol. The largest absolute Gasteiger partial charge is 0.400 e. The lowest BCUT2D eigenvalue weighted by atomic mass is 10.4. The Balaban J connectivity index is 2.68. The first-order valence-electron chi connectivity index (χ1n) is 2.34. The van der Waals surface area contributed by atoms with Crippen LogP contribution in [0.4, 0.5) is 0 Å². The summed E-state index contributed by atoms with van der Waals surface area (Å²) in [6.07, 6.45) is 0.875. The lowest BCUT2D eigenvalue weighted by Gasteiger charge is -1.91. The number of hydrogen-bond donors (Lipinski definition) is 0. The standard InChI is InChI=1S/C4H6O4S/c1-2-4-3-7-9(5,6)8-4/h2,4H,1,3H2/t4-/m1/s1. The van der Waals surface area contributed by atoms with Gasteiger partial charge in [0.25, 0.3) is 0 Å². The summed E-state index contributed by atoms with van der Waals surface area (Å²) in [7, 11) is -3.68. The summed E-state index contributed by atoms with van der Waals surface area (Å²) in [6.45, 7) is 3.39. The summed E-state index contributed by atoms with van der Waals surface area (Å²) in [5.41, 5.74) is 0. The van der Waals surface area contributed by atoms with Crippen LogP contribution < -0.4 is 0 Å². The summed E-state index contributed by atoms with van der Waals surface area (Å²) in [4.78, 5) is 0. The normalized spacial score (nSPS) is 32.2. The molecule has 9 heavy (non-hydrogen) atoms. The molecule has 0 saturated carbocycles.